The van der Waals surface area contributed by atoms with Gasteiger partial charge in [0.05, 0.1) is 13.2 Å². The Labute approximate surface area is 69.4 Å². The van der Waals surface area contributed by atoms with Gasteiger partial charge in [-0.25, -0.2) is 0 Å². The van der Waals surface area contributed by atoms with Crippen LogP contribution in [0.4, 0.5) is 0 Å². The Kier molecular flexibility index (Phi) is 3.13. The van der Waals surface area contributed by atoms with Crippen LogP contribution in [0.5, 0.6) is 0 Å². The summed E-state index contributed by atoms with van der Waals surface area (Å²) in [6.45, 7) is 8.54. The zero-order valence-electron chi connectivity index (χ0n) is 7.81. The van der Waals surface area contributed by atoms with Gasteiger partial charge in [0.25, 0.3) is 0 Å². The van der Waals surface area contributed by atoms with E-state index in [-0.39, 0.29) is 0 Å². The standard InChI is InChI=1S/C10H18O/c1-4-9-5-6-11-7-10(9)8(2)3/h8H,4-7H2,1-3H3. The molecule has 0 radical (unpaired) electrons. The van der Waals surface area contributed by atoms with Crippen molar-refractivity contribution in [1.29, 1.82) is 0 Å². The van der Waals surface area contributed by atoms with E-state index in [0.717, 1.165) is 19.6 Å². The molecule has 0 aromatic heterocycles. The Balaban J connectivity index is 2.73. The molecule has 1 nitrogen and oxygen atoms in total. The van der Waals surface area contributed by atoms with Crippen LogP contribution in [0.25, 0.3) is 0 Å². The second-order valence-corrected chi connectivity index (χ2v) is 3.44. The van der Waals surface area contributed by atoms with Gasteiger partial charge < -0.3 is 4.74 Å². The van der Waals surface area contributed by atoms with Crippen LogP contribution < -0.4 is 0 Å². The van der Waals surface area contributed by atoms with Gasteiger partial charge >= 0.3 is 0 Å². The Morgan fingerprint density at radius 1 is 1.45 bits per heavy atom. The zero-order valence-corrected chi connectivity index (χ0v) is 7.81. The number of ether oxygens (including phenoxy) is 1. The molecule has 1 heterocycles. The molecule has 0 bridgehead atoms. The minimum atomic E-state index is 0.672. The molecule has 0 N–H and O–H groups in total. The highest BCUT2D eigenvalue weighted by Crippen LogP contribution is 2.24. The van der Waals surface area contributed by atoms with Crippen LogP contribution in [0, 0.1) is 5.92 Å². The van der Waals surface area contributed by atoms with E-state index in [1.807, 2.05) is 0 Å². The van der Waals surface area contributed by atoms with Gasteiger partial charge in [-0.2, -0.15) is 0 Å². The van der Waals surface area contributed by atoms with Gasteiger partial charge in [0.15, 0.2) is 0 Å². The molecule has 0 fully saturated rings. The topological polar surface area (TPSA) is 9.23 Å². The highest BCUT2D eigenvalue weighted by atomic mass is 16.5. The Bertz CT molecular complexity index is 156. The molecule has 1 aliphatic heterocycles. The van der Waals surface area contributed by atoms with Crippen molar-refractivity contribution in [2.24, 2.45) is 5.92 Å². The maximum Gasteiger partial charge on any atom is 0.0682 e. The average molecular weight is 154 g/mol. The molecule has 0 atom stereocenters. The third-order valence-electron chi connectivity index (χ3n) is 2.38. The minimum Gasteiger partial charge on any atom is -0.377 e. The van der Waals surface area contributed by atoms with Crippen molar-refractivity contribution in [2.75, 3.05) is 13.2 Å². The normalized spacial score (nSPS) is 19.6. The highest BCUT2D eigenvalue weighted by Gasteiger charge is 2.13. The fourth-order valence-electron chi connectivity index (χ4n) is 1.62. The zero-order chi connectivity index (χ0) is 8.27. The van der Waals surface area contributed by atoms with Crippen molar-refractivity contribution < 1.29 is 4.74 Å². The Morgan fingerprint density at radius 2 is 2.18 bits per heavy atom. The SMILES string of the molecule is CCC1=C(C(C)C)COCC1. The fraction of sp³-hybridized carbons (Fsp3) is 0.800. The molecule has 0 unspecified atom stereocenters. The molecule has 0 aliphatic carbocycles. The molecule has 64 valence electrons. The van der Waals surface area contributed by atoms with Crippen LogP contribution in [0.1, 0.15) is 33.6 Å². The summed E-state index contributed by atoms with van der Waals surface area (Å²) in [6.07, 6.45) is 2.36. The summed E-state index contributed by atoms with van der Waals surface area (Å²) in [5.74, 6) is 0.672. The average Bonchev–Trinajstić information content (AvgIpc) is 2.04. The van der Waals surface area contributed by atoms with Crippen LogP contribution in [0.3, 0.4) is 0 Å². The first-order valence-electron chi connectivity index (χ1n) is 4.54. The molecule has 0 aromatic rings. The van der Waals surface area contributed by atoms with Crippen molar-refractivity contribution in [2.45, 2.75) is 33.6 Å². The van der Waals surface area contributed by atoms with E-state index in [1.165, 1.54) is 6.42 Å². The van der Waals surface area contributed by atoms with E-state index in [1.54, 1.807) is 11.1 Å². The lowest BCUT2D eigenvalue weighted by molar-refractivity contribution is 0.139. The maximum atomic E-state index is 5.42. The van der Waals surface area contributed by atoms with E-state index in [2.05, 4.69) is 20.8 Å². The van der Waals surface area contributed by atoms with E-state index in [0.29, 0.717) is 5.92 Å². The first kappa shape index (κ1) is 8.79. The predicted octanol–water partition coefficient (Wildman–Crippen LogP) is 2.77. The Hall–Kier alpha value is -0.300. The second kappa shape index (κ2) is 3.91. The van der Waals surface area contributed by atoms with Gasteiger partial charge in [-0.3, -0.25) is 0 Å². The number of rotatable bonds is 2. The lowest BCUT2D eigenvalue weighted by atomic mass is 9.93. The van der Waals surface area contributed by atoms with Crippen LogP contribution >= 0.6 is 0 Å². The van der Waals surface area contributed by atoms with Gasteiger partial charge in [0, 0.05) is 0 Å². The molecule has 1 rings (SSSR count). The monoisotopic (exact) mass is 154 g/mol. The van der Waals surface area contributed by atoms with Crippen molar-refractivity contribution in [1.82, 2.24) is 0 Å². The highest BCUT2D eigenvalue weighted by molar-refractivity contribution is 5.18. The summed E-state index contributed by atoms with van der Waals surface area (Å²) >= 11 is 0. The maximum absolute atomic E-state index is 5.42. The summed E-state index contributed by atoms with van der Waals surface area (Å²) < 4.78 is 5.42. The van der Waals surface area contributed by atoms with Crippen molar-refractivity contribution in [3.63, 3.8) is 0 Å². The van der Waals surface area contributed by atoms with Gasteiger partial charge in [-0.05, 0) is 24.3 Å². The van der Waals surface area contributed by atoms with Gasteiger partial charge in [0.2, 0.25) is 0 Å². The molecule has 0 spiro atoms. The third kappa shape index (κ3) is 2.06. The van der Waals surface area contributed by atoms with Crippen LogP contribution in [-0.2, 0) is 4.74 Å². The first-order valence-corrected chi connectivity index (χ1v) is 4.54. The summed E-state index contributed by atoms with van der Waals surface area (Å²) in [5, 5.41) is 0. The van der Waals surface area contributed by atoms with Crippen molar-refractivity contribution >= 4 is 0 Å². The first-order chi connectivity index (χ1) is 5.25. The van der Waals surface area contributed by atoms with Crippen LogP contribution in [0.2, 0.25) is 0 Å². The largest absolute Gasteiger partial charge is 0.377 e. The van der Waals surface area contributed by atoms with Crippen LogP contribution in [0.15, 0.2) is 11.1 Å². The molecular weight excluding hydrogens is 136 g/mol. The molecule has 1 heteroatoms. The van der Waals surface area contributed by atoms with Crippen molar-refractivity contribution in [3.05, 3.63) is 11.1 Å². The molecule has 0 saturated heterocycles. The molecule has 11 heavy (non-hydrogen) atoms. The molecule has 0 saturated carbocycles. The van der Waals surface area contributed by atoms with E-state index in [4.69, 9.17) is 4.74 Å². The Morgan fingerprint density at radius 3 is 2.64 bits per heavy atom. The third-order valence-corrected chi connectivity index (χ3v) is 2.38. The van der Waals surface area contributed by atoms with Crippen LogP contribution in [-0.4, -0.2) is 13.2 Å². The lowest BCUT2D eigenvalue weighted by Gasteiger charge is -2.22. The summed E-state index contributed by atoms with van der Waals surface area (Å²) in [4.78, 5) is 0. The molecule has 0 amide bonds. The van der Waals surface area contributed by atoms with E-state index >= 15 is 0 Å². The van der Waals surface area contributed by atoms with E-state index in [9.17, 15) is 0 Å². The fourth-order valence-corrected chi connectivity index (χ4v) is 1.62. The summed E-state index contributed by atoms with van der Waals surface area (Å²) in [6, 6.07) is 0. The van der Waals surface area contributed by atoms with Gasteiger partial charge in [-0.1, -0.05) is 26.3 Å². The lowest BCUT2D eigenvalue weighted by Crippen LogP contribution is -2.14. The van der Waals surface area contributed by atoms with Gasteiger partial charge in [-0.15, -0.1) is 0 Å². The number of hydrogen-bond acceptors (Lipinski definition) is 1. The summed E-state index contributed by atoms with van der Waals surface area (Å²) in [7, 11) is 0. The minimum absolute atomic E-state index is 0.672. The second-order valence-electron chi connectivity index (χ2n) is 3.44. The smallest absolute Gasteiger partial charge is 0.0682 e. The molecule has 0 aromatic carbocycles. The quantitative estimate of drug-likeness (QED) is 0.556. The van der Waals surface area contributed by atoms with Crippen molar-refractivity contribution in [3.8, 4) is 0 Å². The molecule has 1 aliphatic rings. The summed E-state index contributed by atoms with van der Waals surface area (Å²) in [5.41, 5.74) is 3.17. The number of hydrogen-bond donors (Lipinski definition) is 0. The van der Waals surface area contributed by atoms with E-state index < -0.39 is 0 Å². The predicted molar refractivity (Wildman–Crippen MR) is 47.6 cm³/mol. The van der Waals surface area contributed by atoms with Gasteiger partial charge in [0.1, 0.15) is 0 Å². The molecular formula is C10H18O.